The zero-order valence-electron chi connectivity index (χ0n) is 15.4. The lowest BCUT2D eigenvalue weighted by Crippen LogP contribution is -2.29. The third-order valence-electron chi connectivity index (χ3n) is 4.44. The molecule has 146 valence electrons. The van der Waals surface area contributed by atoms with Gasteiger partial charge < -0.3 is 4.74 Å². The van der Waals surface area contributed by atoms with E-state index in [1.54, 1.807) is 13.8 Å². The summed E-state index contributed by atoms with van der Waals surface area (Å²) in [7, 11) is -3.87. The summed E-state index contributed by atoms with van der Waals surface area (Å²) in [6, 6.07) is 9.44. The van der Waals surface area contributed by atoms with Crippen LogP contribution in [0.2, 0.25) is 0 Å². The number of Topliss-reactive ketones (excluding diaryl/α,β-unsaturated/α-hetero) is 2. The predicted octanol–water partition coefficient (Wildman–Crippen LogP) is 2.92. The number of carbonyl (C=O) groups excluding carboxylic acids is 2. The number of rotatable bonds is 4. The number of hydrogen-bond acceptors (Lipinski definition) is 5. The monoisotopic (exact) mass is 403 g/mol. The van der Waals surface area contributed by atoms with Crippen molar-refractivity contribution in [2.75, 3.05) is 0 Å². The first-order valence-electron chi connectivity index (χ1n) is 8.34. The van der Waals surface area contributed by atoms with E-state index in [4.69, 9.17) is 9.88 Å². The molecule has 0 aromatic heterocycles. The lowest BCUT2D eigenvalue weighted by molar-refractivity contribution is -0.125. The Morgan fingerprint density at radius 1 is 1.07 bits per heavy atom. The van der Waals surface area contributed by atoms with Crippen molar-refractivity contribution < 1.29 is 27.1 Å². The molecular formula is C20H18FNO5S. The van der Waals surface area contributed by atoms with E-state index >= 15 is 0 Å². The van der Waals surface area contributed by atoms with Gasteiger partial charge in [0.2, 0.25) is 15.8 Å². The summed E-state index contributed by atoms with van der Waals surface area (Å²) in [6.45, 7) is 4.42. The van der Waals surface area contributed by atoms with Crippen LogP contribution in [0.5, 0.6) is 0 Å². The Morgan fingerprint density at radius 2 is 1.64 bits per heavy atom. The van der Waals surface area contributed by atoms with Gasteiger partial charge in [0.15, 0.2) is 11.4 Å². The number of primary sulfonamides is 1. The Bertz CT molecular complexity index is 1130. The molecule has 0 unspecified atom stereocenters. The lowest BCUT2D eigenvalue weighted by atomic mass is 9.92. The minimum Gasteiger partial charge on any atom is -0.478 e. The first-order valence-corrected chi connectivity index (χ1v) is 9.88. The highest BCUT2D eigenvalue weighted by molar-refractivity contribution is 7.89. The van der Waals surface area contributed by atoms with Crippen LogP contribution in [0.3, 0.4) is 0 Å². The Kier molecular flexibility index (Phi) is 4.73. The van der Waals surface area contributed by atoms with E-state index in [-0.39, 0.29) is 33.1 Å². The molecule has 0 atom stereocenters. The van der Waals surface area contributed by atoms with E-state index in [0.717, 1.165) is 6.07 Å². The molecule has 0 saturated heterocycles. The van der Waals surface area contributed by atoms with Gasteiger partial charge in [0.05, 0.1) is 16.0 Å². The summed E-state index contributed by atoms with van der Waals surface area (Å²) in [6.07, 6.45) is 0. The third-order valence-corrected chi connectivity index (χ3v) is 5.37. The number of hydrogen-bond donors (Lipinski definition) is 1. The molecule has 28 heavy (non-hydrogen) atoms. The fourth-order valence-corrected chi connectivity index (χ4v) is 3.49. The van der Waals surface area contributed by atoms with Crippen molar-refractivity contribution in [2.24, 2.45) is 5.14 Å². The zero-order valence-corrected chi connectivity index (χ0v) is 16.3. The first-order chi connectivity index (χ1) is 12.9. The van der Waals surface area contributed by atoms with Crippen molar-refractivity contribution in [3.63, 3.8) is 0 Å². The van der Waals surface area contributed by atoms with E-state index in [1.807, 2.05) is 0 Å². The number of carbonyl (C=O) groups is 2. The van der Waals surface area contributed by atoms with Crippen LogP contribution in [0, 0.1) is 5.82 Å². The molecule has 1 heterocycles. The lowest BCUT2D eigenvalue weighted by Gasteiger charge is -2.17. The van der Waals surface area contributed by atoms with Crippen molar-refractivity contribution in [3.05, 3.63) is 65.0 Å². The molecule has 2 aromatic rings. The van der Waals surface area contributed by atoms with E-state index in [0.29, 0.717) is 5.56 Å². The average Bonchev–Trinajstić information content (AvgIpc) is 2.84. The maximum Gasteiger partial charge on any atom is 0.238 e. The number of nitrogens with two attached hydrogens (primary N) is 1. The maximum atomic E-state index is 14.3. The summed E-state index contributed by atoms with van der Waals surface area (Å²) in [4.78, 5) is 24.3. The molecule has 0 radical (unpaired) electrons. The van der Waals surface area contributed by atoms with Gasteiger partial charge in [0.1, 0.15) is 11.6 Å². The van der Waals surface area contributed by atoms with Crippen LogP contribution in [0.25, 0.3) is 11.3 Å². The van der Waals surface area contributed by atoms with E-state index in [2.05, 4.69) is 0 Å². The van der Waals surface area contributed by atoms with Crippen LogP contribution in [0.4, 0.5) is 4.39 Å². The molecule has 1 aliphatic heterocycles. The number of halogens is 1. The summed E-state index contributed by atoms with van der Waals surface area (Å²) >= 11 is 0. The van der Waals surface area contributed by atoms with Crippen LogP contribution >= 0.6 is 0 Å². The zero-order chi connectivity index (χ0) is 20.9. The molecule has 0 amide bonds. The first kappa shape index (κ1) is 19.9. The normalized spacial score (nSPS) is 16.2. The number of sulfonamides is 1. The fraction of sp³-hybridized carbons (Fsp3) is 0.200. The Hall–Kier alpha value is -2.84. The van der Waals surface area contributed by atoms with Crippen molar-refractivity contribution in [1.29, 1.82) is 0 Å². The molecule has 2 N–H and O–H groups in total. The molecule has 0 bridgehead atoms. The molecule has 6 nitrogen and oxygen atoms in total. The molecule has 0 saturated carbocycles. The summed E-state index contributed by atoms with van der Waals surface area (Å²) in [5.41, 5.74) is -0.392. The van der Waals surface area contributed by atoms with Crippen molar-refractivity contribution >= 4 is 32.9 Å². The molecular weight excluding hydrogens is 385 g/mol. The van der Waals surface area contributed by atoms with Crippen LogP contribution in [0.15, 0.2) is 47.4 Å². The van der Waals surface area contributed by atoms with Crippen molar-refractivity contribution in [3.8, 4) is 0 Å². The number of benzene rings is 2. The summed E-state index contributed by atoms with van der Waals surface area (Å²) in [5.74, 6) is -1.32. The van der Waals surface area contributed by atoms with Crippen molar-refractivity contribution in [1.82, 2.24) is 0 Å². The molecule has 8 heteroatoms. The van der Waals surface area contributed by atoms with E-state index in [9.17, 15) is 22.4 Å². The van der Waals surface area contributed by atoms with Gasteiger partial charge in [-0.2, -0.15) is 0 Å². The molecule has 0 aliphatic carbocycles. The minimum atomic E-state index is -3.87. The van der Waals surface area contributed by atoms with Gasteiger partial charge in [-0.15, -0.1) is 0 Å². The minimum absolute atomic E-state index is 0.0750. The van der Waals surface area contributed by atoms with Gasteiger partial charge in [-0.05, 0) is 62.7 Å². The molecule has 3 rings (SSSR count). The van der Waals surface area contributed by atoms with Gasteiger partial charge in [0.25, 0.3) is 0 Å². The molecule has 2 aromatic carbocycles. The van der Waals surface area contributed by atoms with Crippen LogP contribution in [0.1, 0.15) is 42.3 Å². The molecule has 0 spiro atoms. The largest absolute Gasteiger partial charge is 0.478 e. The highest BCUT2D eigenvalue weighted by Gasteiger charge is 2.43. The average molecular weight is 403 g/mol. The highest BCUT2D eigenvalue weighted by Crippen LogP contribution is 2.41. The van der Waals surface area contributed by atoms with Gasteiger partial charge in [-0.3, -0.25) is 9.59 Å². The van der Waals surface area contributed by atoms with Crippen LogP contribution in [-0.4, -0.2) is 25.6 Å². The van der Waals surface area contributed by atoms with Gasteiger partial charge in [-0.1, -0.05) is 6.07 Å². The molecule has 1 aliphatic rings. The van der Waals surface area contributed by atoms with E-state index in [1.165, 1.54) is 43.3 Å². The van der Waals surface area contributed by atoms with Crippen LogP contribution in [-0.2, 0) is 19.6 Å². The van der Waals surface area contributed by atoms with Crippen LogP contribution < -0.4 is 5.14 Å². The number of ether oxygens (including phenoxy) is 1. The highest BCUT2D eigenvalue weighted by atomic mass is 32.2. The second-order valence-corrected chi connectivity index (χ2v) is 8.53. The topological polar surface area (TPSA) is 104 Å². The summed E-state index contributed by atoms with van der Waals surface area (Å²) in [5, 5.41) is 5.10. The Balaban J connectivity index is 2.17. The fourth-order valence-electron chi connectivity index (χ4n) is 2.97. The second kappa shape index (κ2) is 6.65. The second-order valence-electron chi connectivity index (χ2n) is 6.97. The van der Waals surface area contributed by atoms with Crippen molar-refractivity contribution in [2.45, 2.75) is 31.3 Å². The number of ketones is 2. The quantitative estimate of drug-likeness (QED) is 0.791. The smallest absolute Gasteiger partial charge is 0.238 e. The Morgan fingerprint density at radius 3 is 2.14 bits per heavy atom. The standard InChI is InChI=1S/C20H18FNO5S/c1-11(23)15-9-6-13(10-16(15)21)17-18(27-20(2,3)19(17)24)12-4-7-14(8-5-12)28(22,25)26/h4-10H,1-3H3,(H2,22,25,26). The molecule has 0 fully saturated rings. The predicted molar refractivity (Wildman–Crippen MR) is 101 cm³/mol. The SMILES string of the molecule is CC(=O)c1ccc(C2=C(c3ccc(S(N)(=O)=O)cc3)OC(C)(C)C2=O)cc1F. The maximum absolute atomic E-state index is 14.3. The third kappa shape index (κ3) is 3.48. The Labute approximate surface area is 161 Å². The van der Waals surface area contributed by atoms with E-state index < -0.39 is 27.2 Å². The summed E-state index contributed by atoms with van der Waals surface area (Å²) < 4.78 is 43.0. The van der Waals surface area contributed by atoms with Gasteiger partial charge in [0, 0.05) is 5.56 Å². The van der Waals surface area contributed by atoms with Gasteiger partial charge >= 0.3 is 0 Å². The van der Waals surface area contributed by atoms with Gasteiger partial charge in [-0.25, -0.2) is 17.9 Å².